The first-order chi connectivity index (χ1) is 9.03. The molecule has 106 valence electrons. The van der Waals surface area contributed by atoms with Gasteiger partial charge in [-0.25, -0.2) is 0 Å². The Bertz CT molecular complexity index is 392. The van der Waals surface area contributed by atoms with Gasteiger partial charge < -0.3 is 16.8 Å². The van der Waals surface area contributed by atoms with Gasteiger partial charge in [-0.3, -0.25) is 4.99 Å². The zero-order chi connectivity index (χ0) is 14.3. The summed E-state index contributed by atoms with van der Waals surface area (Å²) in [5.74, 6) is 0.153. The highest BCUT2D eigenvalue weighted by Crippen LogP contribution is 2.22. The van der Waals surface area contributed by atoms with Gasteiger partial charge in [0.15, 0.2) is 5.96 Å². The second kappa shape index (κ2) is 7.14. The number of benzene rings is 1. The Hall–Kier alpha value is -1.55. The lowest BCUT2D eigenvalue weighted by atomic mass is 9.91. The third-order valence-corrected chi connectivity index (χ3v) is 3.74. The van der Waals surface area contributed by atoms with E-state index in [4.69, 9.17) is 11.5 Å². The van der Waals surface area contributed by atoms with Crippen molar-refractivity contribution >= 4 is 5.96 Å². The van der Waals surface area contributed by atoms with Crippen LogP contribution in [0.15, 0.2) is 35.3 Å². The van der Waals surface area contributed by atoms with Crippen molar-refractivity contribution in [2.24, 2.45) is 16.5 Å². The fourth-order valence-electron chi connectivity index (χ4n) is 2.25. The maximum Gasteiger partial charge on any atom is 0.185 e. The average molecular weight is 262 g/mol. The van der Waals surface area contributed by atoms with Gasteiger partial charge in [0.25, 0.3) is 0 Å². The van der Waals surface area contributed by atoms with Gasteiger partial charge in [-0.2, -0.15) is 0 Å². The third-order valence-electron chi connectivity index (χ3n) is 3.74. The minimum atomic E-state index is -0.0563. The molecule has 0 radical (unpaired) electrons. The van der Waals surface area contributed by atoms with E-state index in [1.54, 1.807) is 0 Å². The standard InChI is InChI=1S/C15H26N4/c1-4-15(5-2,11-18-14(16)17)19-12(3)13-9-7-6-8-10-13/h6-10,12,19H,4-5,11H2,1-3H3,(H4,16,17,18)/t12-/m0/s1. The molecule has 1 rings (SSSR count). The van der Waals surface area contributed by atoms with Gasteiger partial charge in [-0.1, -0.05) is 44.2 Å². The Morgan fingerprint density at radius 1 is 1.21 bits per heavy atom. The van der Waals surface area contributed by atoms with Crippen molar-refractivity contribution in [3.05, 3.63) is 35.9 Å². The van der Waals surface area contributed by atoms with Crippen LogP contribution in [0.2, 0.25) is 0 Å². The lowest BCUT2D eigenvalue weighted by molar-refractivity contribution is 0.281. The average Bonchev–Trinajstić information content (AvgIpc) is 2.44. The van der Waals surface area contributed by atoms with E-state index in [0.717, 1.165) is 12.8 Å². The number of rotatable bonds is 7. The van der Waals surface area contributed by atoms with E-state index in [-0.39, 0.29) is 17.5 Å². The molecule has 0 aliphatic heterocycles. The molecule has 0 heterocycles. The summed E-state index contributed by atoms with van der Waals surface area (Å²) < 4.78 is 0. The summed E-state index contributed by atoms with van der Waals surface area (Å²) in [7, 11) is 0. The maximum atomic E-state index is 5.45. The summed E-state index contributed by atoms with van der Waals surface area (Å²) >= 11 is 0. The number of guanidine groups is 1. The van der Waals surface area contributed by atoms with Crippen molar-refractivity contribution in [1.29, 1.82) is 0 Å². The van der Waals surface area contributed by atoms with Gasteiger partial charge in [-0.05, 0) is 25.3 Å². The fraction of sp³-hybridized carbons (Fsp3) is 0.533. The lowest BCUT2D eigenvalue weighted by Crippen LogP contribution is -2.48. The molecule has 0 aromatic heterocycles. The largest absolute Gasteiger partial charge is 0.370 e. The monoisotopic (exact) mass is 262 g/mol. The van der Waals surface area contributed by atoms with Crippen LogP contribution in [-0.2, 0) is 0 Å². The molecular formula is C15H26N4. The van der Waals surface area contributed by atoms with Crippen LogP contribution >= 0.6 is 0 Å². The minimum absolute atomic E-state index is 0.0563. The molecule has 0 bridgehead atoms. The molecule has 5 N–H and O–H groups in total. The van der Waals surface area contributed by atoms with E-state index in [9.17, 15) is 0 Å². The second-order valence-electron chi connectivity index (χ2n) is 5.01. The minimum Gasteiger partial charge on any atom is -0.370 e. The summed E-state index contributed by atoms with van der Waals surface area (Å²) in [6.45, 7) is 7.11. The SMILES string of the molecule is CCC(CC)(CN=C(N)N)N[C@@H](C)c1ccccc1. The molecule has 4 nitrogen and oxygen atoms in total. The van der Waals surface area contributed by atoms with Crippen molar-refractivity contribution in [2.75, 3.05) is 6.54 Å². The Balaban J connectivity index is 2.80. The number of nitrogens with one attached hydrogen (secondary N) is 1. The molecule has 0 spiro atoms. The summed E-state index contributed by atoms with van der Waals surface area (Å²) in [6, 6.07) is 10.7. The smallest absolute Gasteiger partial charge is 0.185 e. The van der Waals surface area contributed by atoms with Crippen LogP contribution in [-0.4, -0.2) is 18.0 Å². The maximum absolute atomic E-state index is 5.45. The normalized spacial score (nSPS) is 13.0. The molecule has 19 heavy (non-hydrogen) atoms. The van der Waals surface area contributed by atoms with Gasteiger partial charge in [0.05, 0.1) is 6.54 Å². The summed E-state index contributed by atoms with van der Waals surface area (Å²) in [5.41, 5.74) is 12.1. The topological polar surface area (TPSA) is 76.4 Å². The highest BCUT2D eigenvalue weighted by Gasteiger charge is 2.27. The molecule has 0 fully saturated rings. The lowest BCUT2D eigenvalue weighted by Gasteiger charge is -2.35. The number of aliphatic imine (C=N–C) groups is 1. The van der Waals surface area contributed by atoms with Gasteiger partial charge in [0.1, 0.15) is 0 Å². The van der Waals surface area contributed by atoms with E-state index in [2.05, 4.69) is 55.3 Å². The molecule has 0 aliphatic rings. The van der Waals surface area contributed by atoms with Crippen LogP contribution in [0.4, 0.5) is 0 Å². The Labute approximate surface area is 116 Å². The molecule has 1 aromatic carbocycles. The van der Waals surface area contributed by atoms with E-state index in [0.29, 0.717) is 6.54 Å². The molecule has 0 unspecified atom stereocenters. The third kappa shape index (κ3) is 4.56. The van der Waals surface area contributed by atoms with Crippen LogP contribution in [0.25, 0.3) is 0 Å². The number of nitrogens with two attached hydrogens (primary N) is 2. The van der Waals surface area contributed by atoms with Crippen LogP contribution < -0.4 is 16.8 Å². The molecule has 1 aromatic rings. The summed E-state index contributed by atoms with van der Waals surface area (Å²) in [5, 5.41) is 3.68. The van der Waals surface area contributed by atoms with Gasteiger partial charge in [0, 0.05) is 11.6 Å². The highest BCUT2D eigenvalue weighted by molar-refractivity contribution is 5.75. The zero-order valence-corrected chi connectivity index (χ0v) is 12.2. The highest BCUT2D eigenvalue weighted by atomic mass is 15.1. The first kappa shape index (κ1) is 15.5. The summed E-state index contributed by atoms with van der Waals surface area (Å²) in [4.78, 5) is 4.20. The van der Waals surface area contributed by atoms with Gasteiger partial charge >= 0.3 is 0 Å². The Kier molecular flexibility index (Phi) is 5.83. The van der Waals surface area contributed by atoms with Gasteiger partial charge in [0.2, 0.25) is 0 Å². The van der Waals surface area contributed by atoms with E-state index < -0.39 is 0 Å². The molecule has 0 amide bonds. The number of hydrogen-bond acceptors (Lipinski definition) is 2. The van der Waals surface area contributed by atoms with Crippen LogP contribution in [0, 0.1) is 0 Å². The molecule has 1 atom stereocenters. The van der Waals surface area contributed by atoms with Crippen LogP contribution in [0.1, 0.15) is 45.2 Å². The molecule has 0 saturated carbocycles. The van der Waals surface area contributed by atoms with Crippen molar-refractivity contribution in [3.63, 3.8) is 0 Å². The predicted octanol–water partition coefficient (Wildman–Crippen LogP) is 2.17. The molecule has 4 heteroatoms. The van der Waals surface area contributed by atoms with Crippen molar-refractivity contribution in [3.8, 4) is 0 Å². The number of hydrogen-bond donors (Lipinski definition) is 3. The quantitative estimate of drug-likeness (QED) is 0.520. The zero-order valence-electron chi connectivity index (χ0n) is 12.2. The molecule has 0 aliphatic carbocycles. The van der Waals surface area contributed by atoms with Crippen molar-refractivity contribution in [1.82, 2.24) is 5.32 Å². The Morgan fingerprint density at radius 3 is 2.26 bits per heavy atom. The van der Waals surface area contributed by atoms with Crippen LogP contribution in [0.5, 0.6) is 0 Å². The predicted molar refractivity (Wildman–Crippen MR) is 82.0 cm³/mol. The first-order valence-electron chi connectivity index (χ1n) is 6.91. The molecular weight excluding hydrogens is 236 g/mol. The fourth-order valence-corrected chi connectivity index (χ4v) is 2.25. The number of nitrogens with zero attached hydrogens (tertiary/aromatic N) is 1. The first-order valence-corrected chi connectivity index (χ1v) is 6.91. The van der Waals surface area contributed by atoms with E-state index in [1.165, 1.54) is 5.56 Å². The van der Waals surface area contributed by atoms with E-state index in [1.807, 2.05) is 6.07 Å². The van der Waals surface area contributed by atoms with E-state index >= 15 is 0 Å². The second-order valence-corrected chi connectivity index (χ2v) is 5.01. The van der Waals surface area contributed by atoms with Crippen LogP contribution in [0.3, 0.4) is 0 Å². The summed E-state index contributed by atoms with van der Waals surface area (Å²) in [6.07, 6.45) is 1.97. The van der Waals surface area contributed by atoms with Crippen molar-refractivity contribution in [2.45, 2.75) is 45.2 Å². The van der Waals surface area contributed by atoms with Crippen molar-refractivity contribution < 1.29 is 0 Å². The molecule has 0 saturated heterocycles. The Morgan fingerprint density at radius 2 is 1.79 bits per heavy atom. The van der Waals surface area contributed by atoms with Gasteiger partial charge in [-0.15, -0.1) is 0 Å².